The number of likely N-dealkylation sites (N-methyl/N-ethyl adjacent to an activating group) is 1. The first kappa shape index (κ1) is 24.2. The van der Waals surface area contributed by atoms with Gasteiger partial charge in [-0.2, -0.15) is 0 Å². The van der Waals surface area contributed by atoms with Crippen LogP contribution in [0, 0.1) is 5.92 Å². The minimum absolute atomic E-state index is 0.00157. The van der Waals surface area contributed by atoms with Gasteiger partial charge in [-0.3, -0.25) is 9.69 Å². The van der Waals surface area contributed by atoms with Crippen molar-refractivity contribution >= 4 is 11.9 Å². The monoisotopic (exact) mass is 439 g/mol. The smallest absolute Gasteiger partial charge is 0.243 e. The molecule has 1 saturated carbocycles. The van der Waals surface area contributed by atoms with Crippen molar-refractivity contribution in [1.29, 1.82) is 0 Å². The zero-order valence-electron chi connectivity index (χ0n) is 19.5. The Hall–Kier alpha value is -1.42. The summed E-state index contributed by atoms with van der Waals surface area (Å²) in [6, 6.07) is 0. The Balaban J connectivity index is 1.43. The Bertz CT molecular complexity index is 586. The van der Waals surface area contributed by atoms with Crippen molar-refractivity contribution in [2.24, 2.45) is 10.9 Å². The van der Waals surface area contributed by atoms with Gasteiger partial charge in [-0.15, -0.1) is 0 Å². The summed E-state index contributed by atoms with van der Waals surface area (Å²) in [5.74, 6) is 0.997. The first-order chi connectivity index (χ1) is 15.0. The molecule has 1 atom stereocenters. The van der Waals surface area contributed by atoms with E-state index < -0.39 is 0 Å². The number of amides is 1. The van der Waals surface area contributed by atoms with E-state index in [-0.39, 0.29) is 24.3 Å². The summed E-state index contributed by atoms with van der Waals surface area (Å²) in [5.41, 5.74) is 0. The fraction of sp³-hybridized carbons (Fsp3) is 0.909. The molecule has 0 aromatic heterocycles. The fourth-order valence-electron chi connectivity index (χ4n) is 4.19. The van der Waals surface area contributed by atoms with Gasteiger partial charge in [-0.25, -0.2) is 4.99 Å². The van der Waals surface area contributed by atoms with Crippen molar-refractivity contribution in [2.45, 2.75) is 50.9 Å². The molecule has 0 radical (unpaired) electrons. The van der Waals surface area contributed by atoms with E-state index in [0.29, 0.717) is 19.1 Å². The SMILES string of the molecule is CC1CCC2(CC1)OCC(CNC(=NCC(=O)N(C)C)NCCCN1CCOCC1)O2. The summed E-state index contributed by atoms with van der Waals surface area (Å²) in [6.07, 6.45) is 5.27. The van der Waals surface area contributed by atoms with E-state index in [4.69, 9.17) is 14.2 Å². The van der Waals surface area contributed by atoms with E-state index >= 15 is 0 Å². The number of hydrogen-bond acceptors (Lipinski definition) is 6. The number of rotatable bonds is 8. The molecule has 0 aromatic carbocycles. The second-order valence-corrected chi connectivity index (χ2v) is 9.21. The van der Waals surface area contributed by atoms with Crippen molar-refractivity contribution in [2.75, 3.05) is 73.2 Å². The number of ether oxygens (including phenoxy) is 3. The largest absolute Gasteiger partial charge is 0.379 e. The summed E-state index contributed by atoms with van der Waals surface area (Å²) >= 11 is 0. The van der Waals surface area contributed by atoms with Gasteiger partial charge in [0.1, 0.15) is 12.6 Å². The highest BCUT2D eigenvalue weighted by Gasteiger charge is 2.43. The highest BCUT2D eigenvalue weighted by atomic mass is 16.7. The first-order valence-corrected chi connectivity index (χ1v) is 11.8. The van der Waals surface area contributed by atoms with Gasteiger partial charge in [0, 0.05) is 53.1 Å². The molecule has 9 nitrogen and oxygen atoms in total. The van der Waals surface area contributed by atoms with Crippen LogP contribution in [-0.4, -0.2) is 107 Å². The molecule has 2 heterocycles. The highest BCUT2D eigenvalue weighted by Crippen LogP contribution is 2.39. The van der Waals surface area contributed by atoms with Gasteiger partial charge in [-0.05, 0) is 31.7 Å². The molecule has 1 spiro atoms. The van der Waals surface area contributed by atoms with Crippen LogP contribution in [0.25, 0.3) is 0 Å². The third-order valence-electron chi connectivity index (χ3n) is 6.37. The first-order valence-electron chi connectivity index (χ1n) is 11.8. The number of hydrogen-bond donors (Lipinski definition) is 2. The Morgan fingerprint density at radius 1 is 1.19 bits per heavy atom. The molecular formula is C22H41N5O4. The number of nitrogens with zero attached hydrogens (tertiary/aromatic N) is 3. The summed E-state index contributed by atoms with van der Waals surface area (Å²) < 4.78 is 17.8. The third-order valence-corrected chi connectivity index (χ3v) is 6.37. The van der Waals surface area contributed by atoms with Crippen molar-refractivity contribution < 1.29 is 19.0 Å². The molecule has 2 saturated heterocycles. The van der Waals surface area contributed by atoms with Crippen molar-refractivity contribution in [1.82, 2.24) is 20.4 Å². The molecular weight excluding hydrogens is 398 g/mol. The number of aliphatic imine (C=N–C) groups is 1. The lowest BCUT2D eigenvalue weighted by molar-refractivity contribution is -0.191. The fourth-order valence-corrected chi connectivity index (χ4v) is 4.19. The summed E-state index contributed by atoms with van der Waals surface area (Å²) in [4.78, 5) is 20.4. The van der Waals surface area contributed by atoms with Crippen LogP contribution in [-0.2, 0) is 19.0 Å². The molecule has 3 rings (SSSR count). The van der Waals surface area contributed by atoms with Gasteiger partial charge in [0.25, 0.3) is 0 Å². The van der Waals surface area contributed by atoms with Crippen LogP contribution in [0.2, 0.25) is 0 Å². The molecule has 3 fully saturated rings. The maximum absolute atomic E-state index is 12.0. The molecule has 2 aliphatic heterocycles. The zero-order valence-corrected chi connectivity index (χ0v) is 19.5. The predicted octanol–water partition coefficient (Wildman–Crippen LogP) is 0.654. The Labute approximate surface area is 186 Å². The second-order valence-electron chi connectivity index (χ2n) is 9.21. The van der Waals surface area contributed by atoms with Crippen molar-refractivity contribution in [3.05, 3.63) is 0 Å². The Morgan fingerprint density at radius 2 is 1.94 bits per heavy atom. The predicted molar refractivity (Wildman–Crippen MR) is 120 cm³/mol. The third kappa shape index (κ3) is 7.89. The standard InChI is InChI=1S/C22H41N5O4/c1-18-5-7-22(8-6-18)30-17-19(31-22)15-24-21(25-16-20(28)26(2)3)23-9-4-10-27-11-13-29-14-12-27/h18-19H,4-17H2,1-3H3,(H2,23,24,25). The quantitative estimate of drug-likeness (QED) is 0.326. The second kappa shape index (κ2) is 12.0. The van der Waals surface area contributed by atoms with Crippen molar-refractivity contribution in [3.63, 3.8) is 0 Å². The minimum atomic E-state index is -0.386. The van der Waals surface area contributed by atoms with E-state index in [2.05, 4.69) is 27.4 Å². The lowest BCUT2D eigenvalue weighted by Crippen LogP contribution is -2.44. The number of carbonyl (C=O) groups excluding carboxylic acids is 1. The van der Waals surface area contributed by atoms with E-state index in [0.717, 1.165) is 77.4 Å². The van der Waals surface area contributed by atoms with Gasteiger partial charge in [0.2, 0.25) is 5.91 Å². The van der Waals surface area contributed by atoms with Crippen LogP contribution in [0.1, 0.15) is 39.0 Å². The van der Waals surface area contributed by atoms with E-state index in [9.17, 15) is 4.79 Å². The topological polar surface area (TPSA) is 87.7 Å². The highest BCUT2D eigenvalue weighted by molar-refractivity contribution is 5.84. The molecule has 1 aliphatic carbocycles. The average Bonchev–Trinajstić information content (AvgIpc) is 3.18. The molecule has 178 valence electrons. The van der Waals surface area contributed by atoms with Crippen LogP contribution in [0.3, 0.4) is 0 Å². The van der Waals surface area contributed by atoms with E-state index in [1.807, 2.05) is 0 Å². The lowest BCUT2D eigenvalue weighted by atomic mass is 9.86. The number of morpholine rings is 1. The average molecular weight is 440 g/mol. The maximum Gasteiger partial charge on any atom is 0.243 e. The van der Waals surface area contributed by atoms with Crippen LogP contribution in [0.4, 0.5) is 0 Å². The number of guanidine groups is 1. The normalized spacial score (nSPS) is 29.8. The zero-order chi connectivity index (χ0) is 22.1. The van der Waals surface area contributed by atoms with E-state index in [1.165, 1.54) is 0 Å². The van der Waals surface area contributed by atoms with Crippen LogP contribution in [0.15, 0.2) is 4.99 Å². The molecule has 0 aromatic rings. The Kier molecular flexibility index (Phi) is 9.37. The molecule has 1 amide bonds. The molecule has 0 bridgehead atoms. The molecule has 31 heavy (non-hydrogen) atoms. The van der Waals surface area contributed by atoms with Crippen LogP contribution >= 0.6 is 0 Å². The molecule has 2 N–H and O–H groups in total. The Morgan fingerprint density at radius 3 is 2.65 bits per heavy atom. The number of carbonyl (C=O) groups is 1. The van der Waals surface area contributed by atoms with Gasteiger partial charge in [0.15, 0.2) is 11.7 Å². The molecule has 9 heteroatoms. The van der Waals surface area contributed by atoms with Gasteiger partial charge in [-0.1, -0.05) is 6.92 Å². The molecule has 1 unspecified atom stereocenters. The van der Waals surface area contributed by atoms with Crippen molar-refractivity contribution in [3.8, 4) is 0 Å². The van der Waals surface area contributed by atoms with Gasteiger partial charge in [0.05, 0.1) is 19.8 Å². The maximum atomic E-state index is 12.0. The van der Waals surface area contributed by atoms with Gasteiger partial charge >= 0.3 is 0 Å². The number of nitrogens with one attached hydrogen (secondary N) is 2. The summed E-state index contributed by atoms with van der Waals surface area (Å²) in [7, 11) is 3.49. The lowest BCUT2D eigenvalue weighted by Gasteiger charge is -2.34. The molecule has 3 aliphatic rings. The van der Waals surface area contributed by atoms with Crippen LogP contribution < -0.4 is 10.6 Å². The summed E-state index contributed by atoms with van der Waals surface area (Å²) in [5, 5.41) is 6.72. The minimum Gasteiger partial charge on any atom is -0.379 e. The summed E-state index contributed by atoms with van der Waals surface area (Å²) in [6.45, 7) is 9.08. The van der Waals surface area contributed by atoms with Gasteiger partial charge < -0.3 is 29.7 Å². The van der Waals surface area contributed by atoms with Crippen LogP contribution in [0.5, 0.6) is 0 Å². The van der Waals surface area contributed by atoms with E-state index in [1.54, 1.807) is 19.0 Å².